The highest BCUT2D eigenvalue weighted by Crippen LogP contribution is 2.32. The standard InChI is InChI=1S/C23H17F2N3O2/c24-23(25)30-17-12-10-15(11-13-17)14-26-28-22(29)21-20(16-6-2-1-3-7-16)18-8-4-5-9-19(18)27-21/h1-14,23,27H,(H,28,29)/b26-14-. The van der Waals surface area contributed by atoms with Crippen LogP contribution in [-0.4, -0.2) is 23.7 Å². The van der Waals surface area contributed by atoms with Gasteiger partial charge in [0.25, 0.3) is 5.91 Å². The molecule has 7 heteroatoms. The Kier molecular flexibility index (Phi) is 5.52. The van der Waals surface area contributed by atoms with Crippen LogP contribution in [-0.2, 0) is 0 Å². The van der Waals surface area contributed by atoms with Gasteiger partial charge in [0.2, 0.25) is 0 Å². The maximum Gasteiger partial charge on any atom is 0.387 e. The summed E-state index contributed by atoms with van der Waals surface area (Å²) in [5, 5.41) is 4.92. The number of benzene rings is 3. The minimum Gasteiger partial charge on any atom is -0.435 e. The number of nitrogens with one attached hydrogen (secondary N) is 2. The summed E-state index contributed by atoms with van der Waals surface area (Å²) in [6.45, 7) is -2.88. The van der Waals surface area contributed by atoms with E-state index in [-0.39, 0.29) is 11.7 Å². The van der Waals surface area contributed by atoms with E-state index in [4.69, 9.17) is 0 Å². The molecule has 4 rings (SSSR count). The molecule has 0 radical (unpaired) electrons. The van der Waals surface area contributed by atoms with Crippen molar-refractivity contribution in [2.75, 3.05) is 0 Å². The molecule has 150 valence electrons. The largest absolute Gasteiger partial charge is 0.435 e. The first-order valence-corrected chi connectivity index (χ1v) is 9.16. The van der Waals surface area contributed by atoms with Crippen molar-refractivity contribution in [2.24, 2.45) is 5.10 Å². The van der Waals surface area contributed by atoms with Crippen molar-refractivity contribution in [2.45, 2.75) is 6.61 Å². The fourth-order valence-corrected chi connectivity index (χ4v) is 3.17. The maximum atomic E-state index is 12.8. The molecule has 30 heavy (non-hydrogen) atoms. The first kappa shape index (κ1) is 19.3. The van der Waals surface area contributed by atoms with Crippen LogP contribution in [0.4, 0.5) is 8.78 Å². The number of nitrogens with zero attached hydrogens (tertiary/aromatic N) is 1. The molecule has 1 amide bonds. The van der Waals surface area contributed by atoms with E-state index in [1.54, 1.807) is 12.1 Å². The van der Waals surface area contributed by atoms with Gasteiger partial charge in [-0.25, -0.2) is 5.43 Å². The molecule has 0 aliphatic rings. The van der Waals surface area contributed by atoms with Gasteiger partial charge in [-0.2, -0.15) is 13.9 Å². The maximum absolute atomic E-state index is 12.8. The number of amides is 1. The Morgan fingerprint density at radius 3 is 2.40 bits per heavy atom. The molecule has 2 N–H and O–H groups in total. The number of hydrogen-bond acceptors (Lipinski definition) is 3. The smallest absolute Gasteiger partial charge is 0.387 e. The number of carbonyl (C=O) groups excluding carboxylic acids is 1. The van der Waals surface area contributed by atoms with Gasteiger partial charge < -0.3 is 9.72 Å². The second-order valence-electron chi connectivity index (χ2n) is 6.43. The van der Waals surface area contributed by atoms with E-state index in [2.05, 4.69) is 20.2 Å². The number of fused-ring (bicyclic) bond motifs is 1. The van der Waals surface area contributed by atoms with Gasteiger partial charge in [0.15, 0.2) is 0 Å². The predicted octanol–water partition coefficient (Wildman–Crippen LogP) is 5.20. The van der Waals surface area contributed by atoms with Crippen LogP contribution in [0.1, 0.15) is 16.1 Å². The van der Waals surface area contributed by atoms with Gasteiger partial charge in [-0.15, -0.1) is 0 Å². The second kappa shape index (κ2) is 8.57. The summed E-state index contributed by atoms with van der Waals surface area (Å²) >= 11 is 0. The summed E-state index contributed by atoms with van der Waals surface area (Å²) in [5.41, 5.74) is 6.10. The van der Waals surface area contributed by atoms with E-state index in [1.807, 2.05) is 54.6 Å². The Labute approximate surface area is 171 Å². The van der Waals surface area contributed by atoms with Crippen molar-refractivity contribution in [3.8, 4) is 16.9 Å². The molecule has 1 aromatic heterocycles. The lowest BCUT2D eigenvalue weighted by molar-refractivity contribution is -0.0498. The second-order valence-corrected chi connectivity index (χ2v) is 6.43. The van der Waals surface area contributed by atoms with E-state index >= 15 is 0 Å². The zero-order valence-corrected chi connectivity index (χ0v) is 15.7. The number of aromatic amines is 1. The highest BCUT2D eigenvalue weighted by Gasteiger charge is 2.18. The van der Waals surface area contributed by atoms with Crippen molar-refractivity contribution >= 4 is 23.0 Å². The number of hydrazone groups is 1. The summed E-state index contributed by atoms with van der Waals surface area (Å²) in [4.78, 5) is 16.0. The number of hydrogen-bond donors (Lipinski definition) is 2. The lowest BCUT2D eigenvalue weighted by atomic mass is 10.0. The van der Waals surface area contributed by atoms with Gasteiger partial charge in [-0.05, 0) is 41.5 Å². The van der Waals surface area contributed by atoms with Gasteiger partial charge in [0.1, 0.15) is 11.4 Å². The average Bonchev–Trinajstić information content (AvgIpc) is 3.15. The zero-order chi connectivity index (χ0) is 20.9. The fraction of sp³-hybridized carbons (Fsp3) is 0.0435. The number of H-pyrrole nitrogens is 1. The van der Waals surface area contributed by atoms with Crippen LogP contribution < -0.4 is 10.2 Å². The number of carbonyl (C=O) groups is 1. The third-order valence-electron chi connectivity index (χ3n) is 4.48. The van der Waals surface area contributed by atoms with Crippen LogP contribution in [0.2, 0.25) is 0 Å². The fourth-order valence-electron chi connectivity index (χ4n) is 3.17. The van der Waals surface area contributed by atoms with E-state index in [0.717, 1.165) is 22.0 Å². The Morgan fingerprint density at radius 2 is 1.67 bits per heavy atom. The molecule has 0 aliphatic carbocycles. The first-order chi connectivity index (χ1) is 14.6. The molecule has 3 aromatic carbocycles. The summed E-state index contributed by atoms with van der Waals surface area (Å²) < 4.78 is 28.7. The number of halogens is 2. The average molecular weight is 405 g/mol. The number of alkyl halides is 2. The van der Waals surface area contributed by atoms with Crippen LogP contribution in [0.5, 0.6) is 5.75 Å². The quantitative estimate of drug-likeness (QED) is 0.342. The molecular weight excluding hydrogens is 388 g/mol. The van der Waals surface area contributed by atoms with Crippen molar-refractivity contribution < 1.29 is 18.3 Å². The minimum atomic E-state index is -2.88. The summed E-state index contributed by atoms with van der Waals surface area (Å²) in [6.07, 6.45) is 1.43. The van der Waals surface area contributed by atoms with Crippen LogP contribution in [0, 0.1) is 0 Å². The highest BCUT2D eigenvalue weighted by atomic mass is 19.3. The van der Waals surface area contributed by atoms with Crippen LogP contribution >= 0.6 is 0 Å². The Bertz CT molecular complexity index is 1190. The monoisotopic (exact) mass is 405 g/mol. The van der Waals surface area contributed by atoms with Crippen molar-refractivity contribution in [3.63, 3.8) is 0 Å². The van der Waals surface area contributed by atoms with Gasteiger partial charge >= 0.3 is 6.61 Å². The third kappa shape index (κ3) is 4.20. The van der Waals surface area contributed by atoms with E-state index in [1.165, 1.54) is 18.3 Å². The van der Waals surface area contributed by atoms with Gasteiger partial charge in [-0.3, -0.25) is 4.79 Å². The molecule has 0 unspecified atom stereocenters. The Balaban J connectivity index is 1.56. The van der Waals surface area contributed by atoms with Gasteiger partial charge in [-0.1, -0.05) is 48.5 Å². The lowest BCUT2D eigenvalue weighted by Crippen LogP contribution is -2.18. The molecule has 4 aromatic rings. The highest BCUT2D eigenvalue weighted by molar-refractivity contribution is 6.09. The normalized spacial score (nSPS) is 11.3. The van der Waals surface area contributed by atoms with E-state index < -0.39 is 6.61 Å². The predicted molar refractivity (Wildman–Crippen MR) is 112 cm³/mol. The van der Waals surface area contributed by atoms with Crippen molar-refractivity contribution in [1.82, 2.24) is 10.4 Å². The molecule has 0 atom stereocenters. The summed E-state index contributed by atoms with van der Waals surface area (Å²) in [6, 6.07) is 23.2. The number of para-hydroxylation sites is 1. The number of aromatic nitrogens is 1. The SMILES string of the molecule is O=C(N/N=C\c1ccc(OC(F)F)cc1)c1[nH]c2ccccc2c1-c1ccccc1. The Morgan fingerprint density at radius 1 is 0.967 bits per heavy atom. The van der Waals surface area contributed by atoms with Crippen LogP contribution in [0.25, 0.3) is 22.0 Å². The molecule has 0 saturated carbocycles. The van der Waals surface area contributed by atoms with Crippen molar-refractivity contribution in [3.05, 3.63) is 90.1 Å². The minimum absolute atomic E-state index is 0.0526. The summed E-state index contributed by atoms with van der Waals surface area (Å²) in [5.74, 6) is -0.337. The third-order valence-corrected chi connectivity index (χ3v) is 4.48. The number of ether oxygens (including phenoxy) is 1. The molecule has 1 heterocycles. The molecule has 0 bridgehead atoms. The molecule has 0 fully saturated rings. The molecule has 0 aliphatic heterocycles. The Hall–Kier alpha value is -4.00. The van der Waals surface area contributed by atoms with Crippen LogP contribution in [0.3, 0.4) is 0 Å². The van der Waals surface area contributed by atoms with Crippen molar-refractivity contribution in [1.29, 1.82) is 0 Å². The molecule has 5 nitrogen and oxygen atoms in total. The zero-order valence-electron chi connectivity index (χ0n) is 15.7. The topological polar surface area (TPSA) is 66.5 Å². The van der Waals surface area contributed by atoms with Crippen LogP contribution in [0.15, 0.2) is 84.0 Å². The van der Waals surface area contributed by atoms with Gasteiger partial charge in [0, 0.05) is 16.5 Å². The van der Waals surface area contributed by atoms with Gasteiger partial charge in [0.05, 0.1) is 6.21 Å². The van der Waals surface area contributed by atoms with E-state index in [9.17, 15) is 13.6 Å². The molecule has 0 saturated heterocycles. The first-order valence-electron chi connectivity index (χ1n) is 9.16. The summed E-state index contributed by atoms with van der Waals surface area (Å²) in [7, 11) is 0. The lowest BCUT2D eigenvalue weighted by Gasteiger charge is -2.05. The number of rotatable bonds is 6. The molecular formula is C23H17F2N3O2. The van der Waals surface area contributed by atoms with E-state index in [0.29, 0.717) is 11.3 Å². The molecule has 0 spiro atoms.